The van der Waals surface area contributed by atoms with Gasteiger partial charge in [0.2, 0.25) is 10.2 Å². The van der Waals surface area contributed by atoms with Gasteiger partial charge >= 0.3 is 0 Å². The summed E-state index contributed by atoms with van der Waals surface area (Å²) in [5.74, 6) is 0. The highest BCUT2D eigenvalue weighted by Gasteiger charge is 1.95. The standard InChI is InChI=1S/C4H7NO2S2.C4H10/c1-3(6)8-5-9-4(2)7;1-3-4-2/h5H,1-2H3;3-4H2,1-2H3. The van der Waals surface area contributed by atoms with E-state index < -0.39 is 0 Å². The average molecular weight is 223 g/mol. The first-order valence-electron chi connectivity index (χ1n) is 4.14. The molecule has 0 saturated heterocycles. The third-order valence-electron chi connectivity index (χ3n) is 0.871. The summed E-state index contributed by atoms with van der Waals surface area (Å²) >= 11 is 1.83. The van der Waals surface area contributed by atoms with Crippen molar-refractivity contribution in [3.05, 3.63) is 0 Å². The molecule has 0 unspecified atom stereocenters. The van der Waals surface area contributed by atoms with Crippen LogP contribution in [0.15, 0.2) is 0 Å². The molecule has 0 spiro atoms. The minimum Gasteiger partial charge on any atom is -0.286 e. The molecular weight excluding hydrogens is 206 g/mol. The van der Waals surface area contributed by atoms with Gasteiger partial charge in [0.05, 0.1) is 0 Å². The zero-order valence-electron chi connectivity index (χ0n) is 8.55. The van der Waals surface area contributed by atoms with Gasteiger partial charge in [0, 0.05) is 37.7 Å². The third kappa shape index (κ3) is 24.5. The van der Waals surface area contributed by atoms with Crippen molar-refractivity contribution < 1.29 is 9.59 Å². The molecule has 0 radical (unpaired) electrons. The monoisotopic (exact) mass is 223 g/mol. The van der Waals surface area contributed by atoms with Crippen molar-refractivity contribution >= 4 is 34.1 Å². The fourth-order valence-electron chi connectivity index (χ4n) is 0.138. The summed E-state index contributed by atoms with van der Waals surface area (Å²) < 4.78 is 2.52. The Kier molecular flexibility index (Phi) is 14.3. The van der Waals surface area contributed by atoms with Crippen LogP contribution in [-0.2, 0) is 9.59 Å². The van der Waals surface area contributed by atoms with Crippen LogP contribution >= 0.6 is 23.9 Å². The first-order valence-corrected chi connectivity index (χ1v) is 5.77. The van der Waals surface area contributed by atoms with Crippen molar-refractivity contribution in [3.8, 4) is 0 Å². The molecule has 0 aromatic heterocycles. The van der Waals surface area contributed by atoms with Crippen LogP contribution in [-0.4, -0.2) is 10.2 Å². The van der Waals surface area contributed by atoms with Crippen molar-refractivity contribution in [2.24, 2.45) is 0 Å². The molecule has 0 atom stereocenters. The molecule has 0 aliphatic rings. The molecule has 0 fully saturated rings. The second-order valence-corrected chi connectivity index (χ2v) is 4.50. The number of unbranched alkanes of at least 4 members (excludes halogenated alkanes) is 1. The number of hydrogen-bond acceptors (Lipinski definition) is 5. The smallest absolute Gasteiger partial charge is 0.201 e. The number of hydrogen-bond donors (Lipinski definition) is 1. The fraction of sp³-hybridized carbons (Fsp3) is 0.750. The molecule has 13 heavy (non-hydrogen) atoms. The van der Waals surface area contributed by atoms with Gasteiger partial charge in [-0.15, -0.1) is 0 Å². The molecular formula is C8H17NO2S2. The summed E-state index contributed by atoms with van der Waals surface area (Å²) in [6.45, 7) is 7.22. The maximum absolute atomic E-state index is 10.2. The van der Waals surface area contributed by atoms with Gasteiger partial charge in [0.1, 0.15) is 0 Å². The van der Waals surface area contributed by atoms with Gasteiger partial charge in [0.15, 0.2) is 0 Å². The van der Waals surface area contributed by atoms with Crippen molar-refractivity contribution in [2.75, 3.05) is 0 Å². The molecule has 0 rings (SSSR count). The first kappa shape index (κ1) is 15.5. The molecule has 0 aliphatic carbocycles. The van der Waals surface area contributed by atoms with E-state index in [2.05, 4.69) is 18.0 Å². The van der Waals surface area contributed by atoms with Gasteiger partial charge in [-0.2, -0.15) is 4.13 Å². The second-order valence-electron chi connectivity index (χ2n) is 2.27. The van der Waals surface area contributed by atoms with E-state index in [1.165, 1.54) is 26.7 Å². The summed E-state index contributed by atoms with van der Waals surface area (Å²) in [5, 5.41) is -0.104. The van der Waals surface area contributed by atoms with Crippen molar-refractivity contribution in [3.63, 3.8) is 0 Å². The molecule has 0 saturated carbocycles. The third-order valence-corrected chi connectivity index (χ3v) is 2.11. The Balaban J connectivity index is 0. The molecule has 0 bridgehead atoms. The maximum atomic E-state index is 10.2. The molecule has 0 aromatic rings. The van der Waals surface area contributed by atoms with Crippen LogP contribution in [0.5, 0.6) is 0 Å². The Hall–Kier alpha value is -0.0000000000000000555. The van der Waals surface area contributed by atoms with Crippen LogP contribution in [0.1, 0.15) is 40.5 Å². The largest absolute Gasteiger partial charge is 0.286 e. The van der Waals surface area contributed by atoms with Gasteiger partial charge in [-0.05, 0) is 0 Å². The van der Waals surface area contributed by atoms with E-state index in [1.807, 2.05) is 0 Å². The summed E-state index contributed by atoms with van der Waals surface area (Å²) in [7, 11) is 0. The Morgan fingerprint density at radius 3 is 1.46 bits per heavy atom. The van der Waals surface area contributed by atoms with Crippen LogP contribution in [0.3, 0.4) is 0 Å². The zero-order valence-corrected chi connectivity index (χ0v) is 10.2. The maximum Gasteiger partial charge on any atom is 0.201 e. The van der Waals surface area contributed by atoms with Crippen LogP contribution in [0, 0.1) is 0 Å². The molecule has 5 heteroatoms. The number of nitrogens with one attached hydrogen (secondary N) is 1. The van der Waals surface area contributed by atoms with Gasteiger partial charge in [-0.3, -0.25) is 9.59 Å². The summed E-state index contributed by atoms with van der Waals surface area (Å²) in [6.07, 6.45) is 2.64. The van der Waals surface area contributed by atoms with E-state index in [9.17, 15) is 9.59 Å². The quantitative estimate of drug-likeness (QED) is 0.745. The molecule has 0 heterocycles. The van der Waals surface area contributed by atoms with Gasteiger partial charge < -0.3 is 0 Å². The van der Waals surface area contributed by atoms with Crippen molar-refractivity contribution in [2.45, 2.75) is 40.5 Å². The number of rotatable bonds is 3. The second kappa shape index (κ2) is 12.0. The zero-order chi connectivity index (χ0) is 10.7. The van der Waals surface area contributed by atoms with Crippen LogP contribution in [0.25, 0.3) is 0 Å². The summed E-state index contributed by atoms with van der Waals surface area (Å²) in [5.41, 5.74) is 0. The lowest BCUT2D eigenvalue weighted by Crippen LogP contribution is -1.98. The van der Waals surface area contributed by atoms with Crippen LogP contribution in [0.2, 0.25) is 0 Å². The van der Waals surface area contributed by atoms with Gasteiger partial charge in [-0.1, -0.05) is 26.7 Å². The highest BCUT2D eigenvalue weighted by Crippen LogP contribution is 2.03. The molecule has 0 amide bonds. The Morgan fingerprint density at radius 2 is 1.31 bits per heavy atom. The molecule has 1 N–H and O–H groups in total. The van der Waals surface area contributed by atoms with E-state index in [4.69, 9.17) is 0 Å². The van der Waals surface area contributed by atoms with E-state index in [0.29, 0.717) is 0 Å². The summed E-state index contributed by atoms with van der Waals surface area (Å²) in [6, 6.07) is 0. The molecule has 0 aliphatic heterocycles. The SMILES string of the molecule is CC(=O)SNSC(C)=O.CCCC. The first-order chi connectivity index (χ1) is 6.04. The Labute approximate surface area is 88.7 Å². The minimum absolute atomic E-state index is 0.0521. The lowest BCUT2D eigenvalue weighted by atomic mass is 10.4. The van der Waals surface area contributed by atoms with Crippen LogP contribution < -0.4 is 4.13 Å². The van der Waals surface area contributed by atoms with E-state index in [-0.39, 0.29) is 10.2 Å². The number of carbonyl (C=O) groups is 2. The molecule has 3 nitrogen and oxygen atoms in total. The normalized spacial score (nSPS) is 8.62. The number of carbonyl (C=O) groups excluding carboxylic acids is 2. The topological polar surface area (TPSA) is 46.2 Å². The predicted octanol–water partition coefficient (Wildman–Crippen LogP) is 2.77. The highest BCUT2D eigenvalue weighted by molar-refractivity contribution is 8.25. The lowest BCUT2D eigenvalue weighted by molar-refractivity contribution is -0.109. The predicted molar refractivity (Wildman–Crippen MR) is 60.3 cm³/mol. The van der Waals surface area contributed by atoms with Crippen molar-refractivity contribution in [1.82, 2.24) is 4.13 Å². The lowest BCUT2D eigenvalue weighted by Gasteiger charge is -1.92. The van der Waals surface area contributed by atoms with Gasteiger partial charge in [0.25, 0.3) is 0 Å². The fourth-order valence-corrected chi connectivity index (χ4v) is 1.24. The van der Waals surface area contributed by atoms with Crippen molar-refractivity contribution in [1.29, 1.82) is 0 Å². The Bertz CT molecular complexity index is 135. The van der Waals surface area contributed by atoms with Crippen LogP contribution in [0.4, 0.5) is 0 Å². The highest BCUT2D eigenvalue weighted by atomic mass is 32.2. The van der Waals surface area contributed by atoms with E-state index in [0.717, 1.165) is 23.9 Å². The van der Waals surface area contributed by atoms with Gasteiger partial charge in [-0.25, -0.2) is 0 Å². The Morgan fingerprint density at radius 1 is 1.00 bits per heavy atom. The molecule has 78 valence electrons. The summed E-state index contributed by atoms with van der Waals surface area (Å²) in [4.78, 5) is 20.4. The average Bonchev–Trinajstić information content (AvgIpc) is 2.03. The van der Waals surface area contributed by atoms with E-state index >= 15 is 0 Å². The molecule has 0 aromatic carbocycles. The van der Waals surface area contributed by atoms with E-state index in [1.54, 1.807) is 0 Å². The minimum atomic E-state index is -0.0521.